The molecule has 0 bridgehead atoms. The zero-order valence-corrected chi connectivity index (χ0v) is 12.7. The lowest BCUT2D eigenvalue weighted by atomic mass is 10.2. The average Bonchev–Trinajstić information content (AvgIpc) is 3.04. The lowest BCUT2D eigenvalue weighted by Crippen LogP contribution is -2.27. The Kier molecular flexibility index (Phi) is 4.51. The van der Waals surface area contributed by atoms with E-state index in [-0.39, 0.29) is 16.8 Å². The molecule has 7 heteroatoms. The Morgan fingerprint density at radius 1 is 1.35 bits per heavy atom. The molecule has 2 rings (SSSR count). The quantitative estimate of drug-likeness (QED) is 0.889. The lowest BCUT2D eigenvalue weighted by molar-refractivity contribution is 0.0702. The summed E-state index contributed by atoms with van der Waals surface area (Å²) in [5.41, 5.74) is 0. The predicted molar refractivity (Wildman–Crippen MR) is 78.6 cm³/mol. The van der Waals surface area contributed by atoms with Crippen LogP contribution < -0.4 is 5.32 Å². The van der Waals surface area contributed by atoms with Gasteiger partial charge in [-0.3, -0.25) is 4.79 Å². The van der Waals surface area contributed by atoms with Gasteiger partial charge in [-0.15, -0.1) is 22.7 Å². The van der Waals surface area contributed by atoms with Crippen LogP contribution in [0.2, 0.25) is 0 Å². The summed E-state index contributed by atoms with van der Waals surface area (Å²) < 4.78 is 0. The van der Waals surface area contributed by atoms with Gasteiger partial charge in [-0.2, -0.15) is 0 Å². The lowest BCUT2D eigenvalue weighted by Gasteiger charge is -2.13. The number of thiophene rings is 1. The van der Waals surface area contributed by atoms with Crippen molar-refractivity contribution in [3.63, 3.8) is 0 Å². The van der Waals surface area contributed by atoms with Crippen LogP contribution in [0.1, 0.15) is 48.6 Å². The van der Waals surface area contributed by atoms with Crippen LogP contribution in [0.5, 0.6) is 0 Å². The number of carbonyl (C=O) groups is 2. The Labute approximate surface area is 124 Å². The first-order valence-electron chi connectivity index (χ1n) is 6.07. The van der Waals surface area contributed by atoms with E-state index in [2.05, 4.69) is 10.3 Å². The monoisotopic (exact) mass is 310 g/mol. The summed E-state index contributed by atoms with van der Waals surface area (Å²) in [6.07, 6.45) is 2.51. The number of nitrogens with zero attached hydrogens (tertiary/aromatic N) is 1. The molecular weight excluding hydrogens is 296 g/mol. The molecule has 106 valence electrons. The van der Waals surface area contributed by atoms with Gasteiger partial charge < -0.3 is 10.4 Å². The zero-order chi connectivity index (χ0) is 14.7. The van der Waals surface area contributed by atoms with E-state index in [0.29, 0.717) is 4.88 Å². The average molecular weight is 310 g/mol. The third-order valence-corrected chi connectivity index (χ3v) is 4.79. The van der Waals surface area contributed by atoms with Crippen LogP contribution in [0, 0.1) is 6.92 Å². The highest BCUT2D eigenvalue weighted by Crippen LogP contribution is 2.23. The maximum absolute atomic E-state index is 12.1. The molecule has 1 atom stereocenters. The maximum atomic E-state index is 12.1. The normalized spacial score (nSPS) is 12.1. The number of hydrogen-bond donors (Lipinski definition) is 2. The van der Waals surface area contributed by atoms with E-state index in [1.165, 1.54) is 12.1 Å². The minimum atomic E-state index is -1.02. The number of carbonyl (C=O) groups excluding carboxylic acids is 1. The first-order valence-corrected chi connectivity index (χ1v) is 7.71. The highest BCUT2D eigenvalue weighted by Gasteiger charge is 2.19. The van der Waals surface area contributed by atoms with E-state index < -0.39 is 5.97 Å². The summed E-state index contributed by atoms with van der Waals surface area (Å²) in [5, 5.41) is 12.6. The Hall–Kier alpha value is -1.73. The van der Waals surface area contributed by atoms with Crippen LogP contribution in [-0.2, 0) is 0 Å². The minimum Gasteiger partial charge on any atom is -0.477 e. The van der Waals surface area contributed by atoms with Crippen molar-refractivity contribution in [2.45, 2.75) is 26.3 Å². The van der Waals surface area contributed by atoms with Gasteiger partial charge in [-0.25, -0.2) is 9.78 Å². The molecule has 2 aromatic heterocycles. The largest absolute Gasteiger partial charge is 0.477 e. The zero-order valence-electron chi connectivity index (χ0n) is 11.0. The Bertz CT molecular complexity index is 633. The smallest absolute Gasteiger partial charge is 0.345 e. The van der Waals surface area contributed by atoms with E-state index >= 15 is 0 Å². The van der Waals surface area contributed by atoms with E-state index in [9.17, 15) is 9.59 Å². The van der Waals surface area contributed by atoms with Crippen LogP contribution >= 0.6 is 22.7 Å². The topological polar surface area (TPSA) is 79.3 Å². The number of aromatic carboxylic acids is 1. The van der Waals surface area contributed by atoms with Crippen LogP contribution in [0.3, 0.4) is 0 Å². The fourth-order valence-corrected chi connectivity index (χ4v) is 3.33. The second kappa shape index (κ2) is 6.15. The number of rotatable bonds is 5. The van der Waals surface area contributed by atoms with E-state index in [4.69, 9.17) is 5.11 Å². The van der Waals surface area contributed by atoms with E-state index in [1.54, 1.807) is 17.5 Å². The van der Waals surface area contributed by atoms with E-state index in [0.717, 1.165) is 27.6 Å². The van der Waals surface area contributed by atoms with Crippen LogP contribution in [0.15, 0.2) is 18.3 Å². The summed E-state index contributed by atoms with van der Waals surface area (Å²) >= 11 is 2.52. The minimum absolute atomic E-state index is 0.142. The van der Waals surface area contributed by atoms with Crippen molar-refractivity contribution >= 4 is 34.6 Å². The van der Waals surface area contributed by atoms with Gasteiger partial charge in [-0.1, -0.05) is 6.92 Å². The summed E-state index contributed by atoms with van der Waals surface area (Å²) in [6, 6.07) is 2.83. The van der Waals surface area contributed by atoms with Crippen molar-refractivity contribution in [2.75, 3.05) is 0 Å². The SMILES string of the molecule is CC[C@@H](NC(=O)c1ccc(C(=O)O)s1)c1ncc(C)s1. The fourth-order valence-electron chi connectivity index (χ4n) is 1.68. The molecule has 0 unspecified atom stereocenters. The summed E-state index contributed by atoms with van der Waals surface area (Å²) in [5.74, 6) is -1.28. The van der Waals surface area contributed by atoms with Gasteiger partial charge >= 0.3 is 5.97 Å². The number of nitrogens with one attached hydrogen (secondary N) is 1. The molecular formula is C13H14N2O3S2. The molecule has 0 aliphatic carbocycles. The third-order valence-electron chi connectivity index (χ3n) is 2.69. The van der Waals surface area contributed by atoms with Gasteiger partial charge in [0.1, 0.15) is 9.88 Å². The highest BCUT2D eigenvalue weighted by atomic mass is 32.1. The number of aryl methyl sites for hydroxylation is 1. The first-order chi connectivity index (χ1) is 9.51. The molecule has 2 heterocycles. The molecule has 20 heavy (non-hydrogen) atoms. The summed E-state index contributed by atoms with van der Waals surface area (Å²) in [4.78, 5) is 28.9. The van der Waals surface area contributed by atoms with Gasteiger partial charge in [0.05, 0.1) is 10.9 Å². The predicted octanol–water partition coefficient (Wildman–Crippen LogP) is 3.09. The van der Waals surface area contributed by atoms with Crippen molar-refractivity contribution in [1.29, 1.82) is 0 Å². The standard InChI is InChI=1S/C13H14N2O3S2/c1-3-8(12-14-6-7(2)19-12)15-11(16)9-4-5-10(20-9)13(17)18/h4-6,8H,3H2,1-2H3,(H,15,16)(H,17,18)/t8-/m1/s1. The molecule has 0 fully saturated rings. The molecule has 2 N–H and O–H groups in total. The molecule has 0 aliphatic heterocycles. The summed E-state index contributed by atoms with van der Waals surface area (Å²) in [6.45, 7) is 3.94. The number of thiazole rings is 1. The van der Waals surface area contributed by atoms with Crippen molar-refractivity contribution in [3.8, 4) is 0 Å². The summed E-state index contributed by atoms with van der Waals surface area (Å²) in [7, 11) is 0. The number of carboxylic acids is 1. The van der Waals surface area contributed by atoms with Gasteiger partial charge in [0.25, 0.3) is 5.91 Å². The van der Waals surface area contributed by atoms with Gasteiger partial charge in [0.15, 0.2) is 0 Å². The number of hydrogen-bond acceptors (Lipinski definition) is 5. The van der Waals surface area contributed by atoms with E-state index in [1.807, 2.05) is 13.8 Å². The molecule has 0 saturated heterocycles. The molecule has 0 aromatic carbocycles. The van der Waals surface area contributed by atoms with Crippen molar-refractivity contribution in [2.24, 2.45) is 0 Å². The van der Waals surface area contributed by atoms with Crippen molar-refractivity contribution < 1.29 is 14.7 Å². The molecule has 1 amide bonds. The van der Waals surface area contributed by atoms with Gasteiger partial charge in [0, 0.05) is 11.1 Å². The molecule has 0 aliphatic rings. The molecule has 0 saturated carbocycles. The second-order valence-corrected chi connectivity index (χ2v) is 6.56. The van der Waals surface area contributed by atoms with Crippen molar-refractivity contribution in [1.82, 2.24) is 10.3 Å². The number of carboxylic acid groups (broad SMARTS) is 1. The number of amides is 1. The first kappa shape index (κ1) is 14.7. The van der Waals surface area contributed by atoms with Crippen molar-refractivity contribution in [3.05, 3.63) is 38.0 Å². The third kappa shape index (κ3) is 3.23. The van der Waals surface area contributed by atoms with Gasteiger partial charge in [-0.05, 0) is 25.5 Å². The van der Waals surface area contributed by atoms with Crippen LogP contribution in [0.4, 0.5) is 0 Å². The van der Waals surface area contributed by atoms with Crippen LogP contribution in [0.25, 0.3) is 0 Å². The number of aromatic nitrogens is 1. The fraction of sp³-hybridized carbons (Fsp3) is 0.308. The highest BCUT2D eigenvalue weighted by molar-refractivity contribution is 7.15. The Morgan fingerprint density at radius 2 is 2.05 bits per heavy atom. The maximum Gasteiger partial charge on any atom is 0.345 e. The van der Waals surface area contributed by atoms with Gasteiger partial charge in [0.2, 0.25) is 0 Å². The molecule has 2 aromatic rings. The molecule has 5 nitrogen and oxygen atoms in total. The molecule has 0 radical (unpaired) electrons. The Balaban J connectivity index is 2.10. The second-order valence-electron chi connectivity index (χ2n) is 4.21. The Morgan fingerprint density at radius 3 is 2.55 bits per heavy atom. The molecule has 0 spiro atoms. The van der Waals surface area contributed by atoms with Crippen LogP contribution in [-0.4, -0.2) is 22.0 Å².